The Morgan fingerprint density at radius 3 is 2.48 bits per heavy atom. The molecule has 138 valence electrons. The van der Waals surface area contributed by atoms with Gasteiger partial charge >= 0.3 is 0 Å². The van der Waals surface area contributed by atoms with E-state index in [1.54, 1.807) is 36.7 Å². The largest absolute Gasteiger partial charge is 0.491 e. The normalized spacial score (nSPS) is 10.5. The first-order valence-corrected chi connectivity index (χ1v) is 8.87. The highest BCUT2D eigenvalue weighted by atomic mass is 16.5. The van der Waals surface area contributed by atoms with Crippen LogP contribution in [-0.2, 0) is 0 Å². The molecular formula is C22H23N3O2. The van der Waals surface area contributed by atoms with Crippen LogP contribution in [0, 0.1) is 6.92 Å². The van der Waals surface area contributed by atoms with E-state index in [-0.39, 0.29) is 12.0 Å². The van der Waals surface area contributed by atoms with Crippen molar-refractivity contribution < 1.29 is 9.53 Å². The van der Waals surface area contributed by atoms with Gasteiger partial charge in [-0.1, -0.05) is 6.07 Å². The van der Waals surface area contributed by atoms with Crippen molar-refractivity contribution in [2.45, 2.75) is 26.9 Å². The molecule has 0 unspecified atom stereocenters. The highest BCUT2D eigenvalue weighted by molar-refractivity contribution is 6.04. The average molecular weight is 361 g/mol. The predicted molar refractivity (Wildman–Crippen MR) is 109 cm³/mol. The van der Waals surface area contributed by atoms with Crippen LogP contribution in [0.2, 0.25) is 0 Å². The molecule has 1 amide bonds. The lowest BCUT2D eigenvalue weighted by Gasteiger charge is -2.13. The molecule has 0 saturated heterocycles. The third-order valence-corrected chi connectivity index (χ3v) is 3.92. The van der Waals surface area contributed by atoms with Crippen LogP contribution in [0.5, 0.6) is 5.75 Å². The first-order valence-electron chi connectivity index (χ1n) is 8.87. The summed E-state index contributed by atoms with van der Waals surface area (Å²) in [7, 11) is 0. The average Bonchev–Trinajstić information content (AvgIpc) is 2.65. The van der Waals surface area contributed by atoms with E-state index in [2.05, 4.69) is 15.6 Å². The number of carbonyl (C=O) groups excluding carboxylic acids is 1. The van der Waals surface area contributed by atoms with E-state index in [0.29, 0.717) is 5.56 Å². The molecule has 1 heterocycles. The number of amides is 1. The summed E-state index contributed by atoms with van der Waals surface area (Å²) in [5.74, 6) is 0.585. The Labute approximate surface area is 159 Å². The van der Waals surface area contributed by atoms with E-state index in [4.69, 9.17) is 4.74 Å². The summed E-state index contributed by atoms with van der Waals surface area (Å²) in [4.78, 5) is 16.6. The lowest BCUT2D eigenvalue weighted by Crippen LogP contribution is -2.12. The summed E-state index contributed by atoms with van der Waals surface area (Å²) in [6.07, 6.45) is 3.58. The highest BCUT2D eigenvalue weighted by Gasteiger charge is 2.08. The SMILES string of the molecule is Cc1ccc(NC(=O)c2ccc(OC(C)C)cc2)cc1Nc1cccnc1. The Hall–Kier alpha value is -3.34. The van der Waals surface area contributed by atoms with Crippen molar-refractivity contribution in [3.8, 4) is 5.75 Å². The number of carbonyl (C=O) groups is 1. The van der Waals surface area contributed by atoms with Crippen LogP contribution >= 0.6 is 0 Å². The molecule has 0 bridgehead atoms. The number of rotatable bonds is 6. The summed E-state index contributed by atoms with van der Waals surface area (Å²) in [5, 5.41) is 6.26. The first-order chi connectivity index (χ1) is 13.0. The summed E-state index contributed by atoms with van der Waals surface area (Å²) < 4.78 is 5.61. The maximum absolute atomic E-state index is 12.5. The van der Waals surface area contributed by atoms with E-state index in [0.717, 1.165) is 28.4 Å². The smallest absolute Gasteiger partial charge is 0.255 e. The van der Waals surface area contributed by atoms with E-state index in [1.807, 2.05) is 51.1 Å². The standard InChI is InChI=1S/C22H23N3O2/c1-15(2)27-20-10-7-17(8-11-20)22(26)25-18-9-6-16(3)21(13-18)24-19-5-4-12-23-14-19/h4-15,24H,1-3H3,(H,25,26). The second kappa shape index (κ2) is 8.36. The number of aryl methyl sites for hydroxylation is 1. The number of ether oxygens (including phenoxy) is 1. The molecule has 2 aromatic carbocycles. The summed E-state index contributed by atoms with van der Waals surface area (Å²) in [6.45, 7) is 5.95. The lowest BCUT2D eigenvalue weighted by molar-refractivity contribution is 0.102. The minimum Gasteiger partial charge on any atom is -0.491 e. The fourth-order valence-corrected chi connectivity index (χ4v) is 2.59. The van der Waals surface area contributed by atoms with Gasteiger partial charge in [0, 0.05) is 23.1 Å². The molecule has 0 fully saturated rings. The molecule has 1 aromatic heterocycles. The predicted octanol–water partition coefficient (Wildman–Crippen LogP) is 5.17. The molecule has 5 nitrogen and oxygen atoms in total. The molecule has 0 saturated carbocycles. The molecule has 0 aliphatic carbocycles. The summed E-state index contributed by atoms with van der Waals surface area (Å²) >= 11 is 0. The molecule has 0 spiro atoms. The number of nitrogens with one attached hydrogen (secondary N) is 2. The van der Waals surface area contributed by atoms with Crippen molar-refractivity contribution in [1.29, 1.82) is 0 Å². The summed E-state index contributed by atoms with van der Waals surface area (Å²) in [6, 6.07) is 16.7. The Morgan fingerprint density at radius 2 is 1.81 bits per heavy atom. The third kappa shape index (κ3) is 5.07. The zero-order valence-corrected chi connectivity index (χ0v) is 15.7. The molecule has 2 N–H and O–H groups in total. The van der Waals surface area contributed by atoms with Gasteiger partial charge in [-0.15, -0.1) is 0 Å². The minimum atomic E-state index is -0.165. The van der Waals surface area contributed by atoms with Gasteiger partial charge in [-0.05, 0) is 74.9 Å². The second-order valence-corrected chi connectivity index (χ2v) is 6.54. The van der Waals surface area contributed by atoms with Crippen molar-refractivity contribution in [3.63, 3.8) is 0 Å². The fourth-order valence-electron chi connectivity index (χ4n) is 2.59. The number of nitrogens with zero attached hydrogens (tertiary/aromatic N) is 1. The van der Waals surface area contributed by atoms with Crippen molar-refractivity contribution in [3.05, 3.63) is 78.1 Å². The monoisotopic (exact) mass is 361 g/mol. The highest BCUT2D eigenvalue weighted by Crippen LogP contribution is 2.24. The molecular weight excluding hydrogens is 338 g/mol. The van der Waals surface area contributed by atoms with Crippen LogP contribution in [0.3, 0.4) is 0 Å². The zero-order chi connectivity index (χ0) is 19.2. The molecule has 3 aromatic rings. The van der Waals surface area contributed by atoms with Crippen molar-refractivity contribution in [1.82, 2.24) is 4.98 Å². The van der Waals surface area contributed by atoms with Crippen LogP contribution in [0.1, 0.15) is 29.8 Å². The quantitative estimate of drug-likeness (QED) is 0.635. The Balaban J connectivity index is 1.71. The van der Waals surface area contributed by atoms with Crippen molar-refractivity contribution in [2.24, 2.45) is 0 Å². The van der Waals surface area contributed by atoms with Gasteiger partial charge in [0.05, 0.1) is 18.0 Å². The van der Waals surface area contributed by atoms with Crippen LogP contribution in [0.4, 0.5) is 17.1 Å². The van der Waals surface area contributed by atoms with Gasteiger partial charge in [0.25, 0.3) is 5.91 Å². The molecule has 0 aliphatic rings. The van der Waals surface area contributed by atoms with Crippen LogP contribution < -0.4 is 15.4 Å². The van der Waals surface area contributed by atoms with Gasteiger partial charge in [0.15, 0.2) is 0 Å². The van der Waals surface area contributed by atoms with Crippen LogP contribution in [0.15, 0.2) is 67.0 Å². The number of benzene rings is 2. The molecule has 0 atom stereocenters. The topological polar surface area (TPSA) is 63.2 Å². The first kappa shape index (κ1) is 18.5. The number of anilines is 3. The van der Waals surface area contributed by atoms with E-state index in [9.17, 15) is 4.79 Å². The Bertz CT molecular complexity index is 907. The Kier molecular flexibility index (Phi) is 5.71. The maximum Gasteiger partial charge on any atom is 0.255 e. The molecule has 5 heteroatoms. The van der Waals surface area contributed by atoms with Gasteiger partial charge in [-0.25, -0.2) is 0 Å². The lowest BCUT2D eigenvalue weighted by atomic mass is 10.1. The van der Waals surface area contributed by atoms with E-state index < -0.39 is 0 Å². The second-order valence-electron chi connectivity index (χ2n) is 6.54. The number of aromatic nitrogens is 1. The van der Waals surface area contributed by atoms with Gasteiger partial charge in [0.2, 0.25) is 0 Å². The summed E-state index contributed by atoms with van der Waals surface area (Å²) in [5.41, 5.74) is 4.19. The maximum atomic E-state index is 12.5. The molecule has 0 aliphatic heterocycles. The van der Waals surface area contributed by atoms with Gasteiger partial charge in [-0.3, -0.25) is 9.78 Å². The number of hydrogen-bond acceptors (Lipinski definition) is 4. The number of hydrogen-bond donors (Lipinski definition) is 2. The Morgan fingerprint density at radius 1 is 1.04 bits per heavy atom. The van der Waals surface area contributed by atoms with Gasteiger partial charge in [-0.2, -0.15) is 0 Å². The van der Waals surface area contributed by atoms with E-state index in [1.165, 1.54) is 0 Å². The van der Waals surface area contributed by atoms with Crippen molar-refractivity contribution in [2.75, 3.05) is 10.6 Å². The van der Waals surface area contributed by atoms with Gasteiger partial charge < -0.3 is 15.4 Å². The van der Waals surface area contributed by atoms with Gasteiger partial charge in [0.1, 0.15) is 5.75 Å². The molecule has 0 radical (unpaired) electrons. The molecule has 3 rings (SSSR count). The van der Waals surface area contributed by atoms with Crippen LogP contribution in [-0.4, -0.2) is 17.0 Å². The zero-order valence-electron chi connectivity index (χ0n) is 15.7. The fraction of sp³-hybridized carbons (Fsp3) is 0.182. The van der Waals surface area contributed by atoms with Crippen LogP contribution in [0.25, 0.3) is 0 Å². The van der Waals surface area contributed by atoms with E-state index >= 15 is 0 Å². The third-order valence-electron chi connectivity index (χ3n) is 3.92. The van der Waals surface area contributed by atoms with Crippen molar-refractivity contribution >= 4 is 23.0 Å². The molecule has 27 heavy (non-hydrogen) atoms. The number of pyridine rings is 1. The minimum absolute atomic E-state index is 0.1000.